The van der Waals surface area contributed by atoms with E-state index in [0.29, 0.717) is 12.0 Å². The van der Waals surface area contributed by atoms with Crippen LogP contribution in [0.25, 0.3) is 0 Å². The van der Waals surface area contributed by atoms with Crippen LogP contribution in [0.1, 0.15) is 80.1 Å². The molecule has 0 amide bonds. The first-order chi connectivity index (χ1) is 19.0. The third-order valence-corrected chi connectivity index (χ3v) is 9.48. The molecule has 11 nitrogen and oxygen atoms in total. The molecule has 2 saturated heterocycles. The average molecular weight is 603 g/mol. The number of fused-ring (bicyclic) bond motifs is 5. The van der Waals surface area contributed by atoms with Crippen LogP contribution in [0.2, 0.25) is 0 Å². The Kier molecular flexibility index (Phi) is 10.8. The summed E-state index contributed by atoms with van der Waals surface area (Å²) in [6.07, 6.45) is -3.49. The summed E-state index contributed by atoms with van der Waals surface area (Å²) in [6.45, 7) is 14.3. The maximum Gasteiger partial charge on any atom is 0.307 e. The third kappa shape index (κ3) is 7.21. The predicted molar refractivity (Wildman–Crippen MR) is 149 cm³/mol. The number of esters is 3. The molecule has 1 aliphatic carbocycles. The van der Waals surface area contributed by atoms with Crippen molar-refractivity contribution in [1.29, 1.82) is 0 Å². The Morgan fingerprint density at radius 2 is 1.83 bits per heavy atom. The van der Waals surface area contributed by atoms with E-state index in [-0.39, 0.29) is 43.8 Å². The summed E-state index contributed by atoms with van der Waals surface area (Å²) in [7, 11) is 0. The summed E-state index contributed by atoms with van der Waals surface area (Å²) in [6, 6.07) is 0. The van der Waals surface area contributed by atoms with Gasteiger partial charge in [0.15, 0.2) is 17.2 Å². The molecular formula is C29H46O11S. The number of aliphatic hydroxyl groups excluding tert-OH is 1. The molecule has 2 aliphatic heterocycles. The van der Waals surface area contributed by atoms with Crippen molar-refractivity contribution in [2.45, 2.75) is 122 Å². The van der Waals surface area contributed by atoms with Crippen molar-refractivity contribution in [2.75, 3.05) is 5.75 Å². The van der Waals surface area contributed by atoms with Crippen LogP contribution in [0.15, 0.2) is 12.2 Å². The van der Waals surface area contributed by atoms with Crippen molar-refractivity contribution in [3.63, 3.8) is 0 Å². The van der Waals surface area contributed by atoms with E-state index in [1.165, 1.54) is 13.8 Å². The Hall–Kier alpha value is -1.86. The fraction of sp³-hybridized carbons (Fsp3) is 0.828. The highest BCUT2D eigenvalue weighted by molar-refractivity contribution is 7.79. The first kappa shape index (κ1) is 33.6. The molecule has 2 bridgehead atoms. The van der Waals surface area contributed by atoms with Gasteiger partial charge in [-0.15, -0.1) is 0 Å². The molecule has 2 heterocycles. The number of carbonyl (C=O) groups is 3. The quantitative estimate of drug-likeness (QED) is 0.154. The second-order valence-electron chi connectivity index (χ2n) is 12.5. The van der Waals surface area contributed by atoms with Gasteiger partial charge in [0, 0.05) is 31.1 Å². The molecule has 11 atom stereocenters. The minimum absolute atomic E-state index is 0.182. The molecule has 0 aromatic heterocycles. The van der Waals surface area contributed by atoms with Gasteiger partial charge in [-0.25, -0.2) is 4.21 Å². The van der Waals surface area contributed by atoms with Crippen molar-refractivity contribution in [1.82, 2.24) is 0 Å². The second kappa shape index (κ2) is 13.2. The van der Waals surface area contributed by atoms with Crippen LogP contribution in [-0.2, 0) is 44.4 Å². The lowest BCUT2D eigenvalue weighted by atomic mass is 9.55. The highest BCUT2D eigenvalue weighted by atomic mass is 32.2. The van der Waals surface area contributed by atoms with Crippen LogP contribution in [0.5, 0.6) is 0 Å². The minimum Gasteiger partial charge on any atom is -0.458 e. The molecule has 1 unspecified atom stereocenters. The van der Waals surface area contributed by atoms with Crippen molar-refractivity contribution in [3.05, 3.63) is 12.2 Å². The van der Waals surface area contributed by atoms with Gasteiger partial charge in [-0.2, -0.15) is 0 Å². The fourth-order valence-electron chi connectivity index (χ4n) is 7.18. The van der Waals surface area contributed by atoms with E-state index in [1.807, 2.05) is 20.8 Å². The van der Waals surface area contributed by atoms with Gasteiger partial charge in [0.2, 0.25) is 0 Å². The molecule has 3 fully saturated rings. The van der Waals surface area contributed by atoms with Gasteiger partial charge in [0.1, 0.15) is 23.4 Å². The summed E-state index contributed by atoms with van der Waals surface area (Å²) in [5.74, 6) is -4.08. The fourth-order valence-corrected chi connectivity index (χ4v) is 7.52. The second-order valence-corrected chi connectivity index (χ2v) is 13.5. The van der Waals surface area contributed by atoms with Gasteiger partial charge in [0.05, 0.1) is 24.4 Å². The standard InChI is InChI=1S/C29H46O11S/c1-8-9-21(33)40-28(6)12-10-18(31)16(4)14-19-24-23(26(28)38-19)22(15(2)3)25(39-20(32)11-13-41(35)36)27(29(24,7)34)37-17(5)30/h15,18-19,22-27,31,34H,4,8-14H2,1-3,5-7H3,(H,35,36)/t18-,19+,22+,23+,24+,25-,26+,27+,28+,29-/m0/s1. The Morgan fingerprint density at radius 3 is 2.39 bits per heavy atom. The van der Waals surface area contributed by atoms with E-state index in [9.17, 15) is 33.4 Å². The van der Waals surface area contributed by atoms with E-state index in [4.69, 9.17) is 18.9 Å². The van der Waals surface area contributed by atoms with Crippen LogP contribution in [0, 0.1) is 23.7 Å². The van der Waals surface area contributed by atoms with Gasteiger partial charge in [-0.1, -0.05) is 27.4 Å². The summed E-state index contributed by atoms with van der Waals surface area (Å²) >= 11 is -2.21. The Balaban J connectivity index is 2.18. The van der Waals surface area contributed by atoms with Gasteiger partial charge < -0.3 is 33.7 Å². The zero-order chi connectivity index (χ0) is 30.9. The minimum atomic E-state index is -2.21. The van der Waals surface area contributed by atoms with Gasteiger partial charge >= 0.3 is 17.9 Å². The maximum absolute atomic E-state index is 12.9. The Bertz CT molecular complexity index is 1030. The number of carbonyl (C=O) groups excluding carboxylic acids is 3. The molecule has 12 heteroatoms. The Morgan fingerprint density at radius 1 is 1.17 bits per heavy atom. The van der Waals surface area contributed by atoms with E-state index in [0.717, 1.165) is 0 Å². The molecule has 3 N–H and O–H groups in total. The monoisotopic (exact) mass is 602 g/mol. The van der Waals surface area contributed by atoms with Crippen LogP contribution in [0.4, 0.5) is 0 Å². The molecule has 0 aromatic rings. The van der Waals surface area contributed by atoms with E-state index in [2.05, 4.69) is 6.58 Å². The zero-order valence-corrected chi connectivity index (χ0v) is 25.7. The van der Waals surface area contributed by atoms with E-state index >= 15 is 0 Å². The maximum atomic E-state index is 12.9. The number of hydrogen-bond acceptors (Lipinski definition) is 10. The number of ether oxygens (including phenoxy) is 4. The zero-order valence-electron chi connectivity index (χ0n) is 24.9. The molecule has 3 aliphatic rings. The van der Waals surface area contributed by atoms with Crippen molar-refractivity contribution in [3.8, 4) is 0 Å². The SMILES string of the molecule is C=C1C[C@H]2O[C@H]([C@@H]3[C@@H](C(C)C)[C@H](OC(=O)CCS(=O)O)[C@@H](OC(C)=O)[C@@](C)(O)[C@@H]32)[C@](C)(OC(=O)CCC)CC[C@@H]1O. The van der Waals surface area contributed by atoms with Crippen molar-refractivity contribution in [2.24, 2.45) is 23.7 Å². The molecular weight excluding hydrogens is 556 g/mol. The molecule has 0 aromatic carbocycles. The lowest BCUT2D eigenvalue weighted by molar-refractivity contribution is -0.241. The molecule has 3 rings (SSSR count). The van der Waals surface area contributed by atoms with Gasteiger partial charge in [-0.05, 0) is 51.0 Å². The molecule has 41 heavy (non-hydrogen) atoms. The van der Waals surface area contributed by atoms with Crippen LogP contribution in [-0.4, -0.2) is 84.4 Å². The summed E-state index contributed by atoms with van der Waals surface area (Å²) in [5.41, 5.74) is -2.45. The summed E-state index contributed by atoms with van der Waals surface area (Å²) in [4.78, 5) is 38.0. The van der Waals surface area contributed by atoms with E-state index in [1.54, 1.807) is 6.92 Å². The number of rotatable bonds is 9. The van der Waals surface area contributed by atoms with Crippen molar-refractivity contribution >= 4 is 29.0 Å². The molecule has 0 radical (unpaired) electrons. The number of hydrogen-bond donors (Lipinski definition) is 3. The Labute approximate surface area is 244 Å². The lowest BCUT2D eigenvalue weighted by Gasteiger charge is -2.55. The largest absolute Gasteiger partial charge is 0.458 e. The van der Waals surface area contributed by atoms with Crippen LogP contribution in [0.3, 0.4) is 0 Å². The molecule has 234 valence electrons. The summed E-state index contributed by atoms with van der Waals surface area (Å²) in [5, 5.41) is 23.1. The number of aliphatic hydroxyl groups is 2. The lowest BCUT2D eigenvalue weighted by Crippen LogP contribution is -2.68. The third-order valence-electron chi connectivity index (χ3n) is 8.92. The highest BCUT2D eigenvalue weighted by Crippen LogP contribution is 2.58. The van der Waals surface area contributed by atoms with E-state index < -0.39 is 88.5 Å². The normalized spacial score (nSPS) is 39.6. The first-order valence-corrected chi connectivity index (χ1v) is 15.7. The average Bonchev–Trinajstić information content (AvgIpc) is 3.24. The molecule has 1 saturated carbocycles. The topological polar surface area (TPSA) is 166 Å². The van der Waals surface area contributed by atoms with Crippen LogP contribution < -0.4 is 0 Å². The predicted octanol–water partition coefficient (Wildman–Crippen LogP) is 2.68. The summed E-state index contributed by atoms with van der Waals surface area (Å²) < 4.78 is 44.8. The van der Waals surface area contributed by atoms with Gasteiger partial charge in [0.25, 0.3) is 0 Å². The van der Waals surface area contributed by atoms with Crippen LogP contribution >= 0.6 is 0 Å². The molecule has 0 spiro atoms. The highest BCUT2D eigenvalue weighted by Gasteiger charge is 2.69. The smallest absolute Gasteiger partial charge is 0.307 e. The van der Waals surface area contributed by atoms with Gasteiger partial charge in [-0.3, -0.25) is 14.4 Å². The first-order valence-electron chi connectivity index (χ1n) is 14.4. The van der Waals surface area contributed by atoms with Crippen molar-refractivity contribution < 1.29 is 52.3 Å².